The van der Waals surface area contributed by atoms with Crippen molar-refractivity contribution in [3.63, 3.8) is 0 Å². The highest BCUT2D eigenvalue weighted by atomic mass is 14.9. The zero-order valence-electron chi connectivity index (χ0n) is 11.5. The van der Waals surface area contributed by atoms with Crippen molar-refractivity contribution in [2.45, 2.75) is 57.9 Å². The van der Waals surface area contributed by atoms with Crippen LogP contribution in [-0.4, -0.2) is 6.54 Å². The van der Waals surface area contributed by atoms with Gasteiger partial charge < -0.3 is 5.32 Å². The normalized spacial score (nSPS) is 20.5. The van der Waals surface area contributed by atoms with Crippen molar-refractivity contribution >= 4 is 0 Å². The van der Waals surface area contributed by atoms with Crippen LogP contribution in [0.4, 0.5) is 0 Å². The van der Waals surface area contributed by atoms with Gasteiger partial charge >= 0.3 is 0 Å². The molecule has 1 fully saturated rings. The summed E-state index contributed by atoms with van der Waals surface area (Å²) in [5.74, 6) is 1.02. The monoisotopic (exact) mass is 243 g/mol. The van der Waals surface area contributed by atoms with Gasteiger partial charge in [-0.1, -0.05) is 37.5 Å². The average molecular weight is 243 g/mol. The van der Waals surface area contributed by atoms with Crippen LogP contribution < -0.4 is 5.32 Å². The first-order valence-corrected chi connectivity index (χ1v) is 7.68. The molecule has 0 amide bonds. The molecule has 1 saturated carbocycles. The Morgan fingerprint density at radius 3 is 2.78 bits per heavy atom. The fourth-order valence-corrected chi connectivity index (χ4v) is 3.26. The van der Waals surface area contributed by atoms with Gasteiger partial charge in [0, 0.05) is 6.04 Å². The number of fused-ring (bicyclic) bond motifs is 1. The maximum atomic E-state index is 3.69. The van der Waals surface area contributed by atoms with Crippen LogP contribution >= 0.6 is 0 Å². The molecule has 1 atom stereocenters. The van der Waals surface area contributed by atoms with E-state index in [4.69, 9.17) is 0 Å². The largest absolute Gasteiger partial charge is 0.310 e. The summed E-state index contributed by atoms with van der Waals surface area (Å²) in [5.41, 5.74) is 4.66. The Labute approximate surface area is 111 Å². The predicted octanol–water partition coefficient (Wildman–Crippen LogP) is 4.02. The summed E-state index contributed by atoms with van der Waals surface area (Å²) in [4.78, 5) is 0. The topological polar surface area (TPSA) is 12.0 Å². The van der Waals surface area contributed by atoms with Gasteiger partial charge in [-0.2, -0.15) is 0 Å². The van der Waals surface area contributed by atoms with Crippen LogP contribution in [0.5, 0.6) is 0 Å². The first-order chi connectivity index (χ1) is 8.83. The van der Waals surface area contributed by atoms with E-state index in [1.165, 1.54) is 57.1 Å². The molecule has 0 saturated heterocycles. The summed E-state index contributed by atoms with van der Waals surface area (Å²) in [6.45, 7) is 3.49. The molecule has 0 bridgehead atoms. The molecule has 18 heavy (non-hydrogen) atoms. The van der Waals surface area contributed by atoms with E-state index in [1.807, 2.05) is 0 Å². The molecule has 3 rings (SSSR count). The molecule has 1 N–H and O–H groups in total. The quantitative estimate of drug-likeness (QED) is 0.823. The lowest BCUT2D eigenvalue weighted by Gasteiger charge is -2.26. The van der Waals surface area contributed by atoms with Gasteiger partial charge in [-0.25, -0.2) is 0 Å². The van der Waals surface area contributed by atoms with E-state index < -0.39 is 0 Å². The zero-order valence-corrected chi connectivity index (χ0v) is 11.5. The van der Waals surface area contributed by atoms with Crippen molar-refractivity contribution in [2.75, 3.05) is 6.54 Å². The third-order valence-corrected chi connectivity index (χ3v) is 4.85. The van der Waals surface area contributed by atoms with Crippen molar-refractivity contribution < 1.29 is 0 Å². The van der Waals surface area contributed by atoms with Crippen LogP contribution in [-0.2, 0) is 12.8 Å². The van der Waals surface area contributed by atoms with E-state index in [0.29, 0.717) is 6.04 Å². The lowest BCUT2D eigenvalue weighted by atomic mass is 9.83. The van der Waals surface area contributed by atoms with E-state index in [1.54, 1.807) is 11.1 Å². The molecule has 2 aliphatic carbocycles. The third-order valence-electron chi connectivity index (χ3n) is 4.85. The highest BCUT2D eigenvalue weighted by molar-refractivity contribution is 5.36. The highest BCUT2D eigenvalue weighted by Crippen LogP contribution is 2.29. The number of nitrogens with one attached hydrogen (secondary N) is 1. The van der Waals surface area contributed by atoms with Crippen LogP contribution in [0.3, 0.4) is 0 Å². The van der Waals surface area contributed by atoms with Gasteiger partial charge in [0.05, 0.1) is 0 Å². The Morgan fingerprint density at radius 2 is 2.00 bits per heavy atom. The maximum Gasteiger partial charge on any atom is 0.0291 e. The Balaban J connectivity index is 1.53. The fraction of sp³-hybridized carbons (Fsp3) is 0.647. The molecule has 0 aromatic heterocycles. The van der Waals surface area contributed by atoms with Gasteiger partial charge in [-0.05, 0) is 61.8 Å². The Hall–Kier alpha value is -0.820. The van der Waals surface area contributed by atoms with Crippen molar-refractivity contribution in [3.8, 4) is 0 Å². The van der Waals surface area contributed by atoms with Crippen molar-refractivity contribution in [1.82, 2.24) is 5.32 Å². The molecule has 0 aliphatic heterocycles. The molecule has 2 aliphatic rings. The second-order valence-corrected chi connectivity index (χ2v) is 6.14. The first-order valence-electron chi connectivity index (χ1n) is 7.68. The third kappa shape index (κ3) is 2.61. The minimum Gasteiger partial charge on any atom is -0.310 e. The van der Waals surface area contributed by atoms with E-state index in [2.05, 4.69) is 30.4 Å². The van der Waals surface area contributed by atoms with E-state index in [-0.39, 0.29) is 0 Å². The minimum atomic E-state index is 0.510. The van der Waals surface area contributed by atoms with Gasteiger partial charge in [0.2, 0.25) is 0 Å². The summed E-state index contributed by atoms with van der Waals surface area (Å²) in [7, 11) is 0. The van der Waals surface area contributed by atoms with Crippen LogP contribution in [0.2, 0.25) is 0 Å². The van der Waals surface area contributed by atoms with Gasteiger partial charge in [0.15, 0.2) is 0 Å². The van der Waals surface area contributed by atoms with Gasteiger partial charge in [0.1, 0.15) is 0 Å². The average Bonchev–Trinajstić information content (AvgIpc) is 2.79. The highest BCUT2D eigenvalue weighted by Gasteiger charge is 2.17. The van der Waals surface area contributed by atoms with Crippen LogP contribution in [0.25, 0.3) is 0 Å². The molecule has 0 radical (unpaired) electrons. The summed E-state index contributed by atoms with van der Waals surface area (Å²) in [6.07, 6.45) is 9.70. The van der Waals surface area contributed by atoms with E-state index >= 15 is 0 Å². The molecule has 1 heteroatoms. The Kier molecular flexibility index (Phi) is 3.69. The molecular weight excluding hydrogens is 218 g/mol. The number of benzene rings is 1. The van der Waals surface area contributed by atoms with Gasteiger partial charge in [0.25, 0.3) is 0 Å². The molecule has 98 valence electrons. The van der Waals surface area contributed by atoms with E-state index in [9.17, 15) is 0 Å². The lowest BCUT2D eigenvalue weighted by Crippen LogP contribution is -2.24. The summed E-state index contributed by atoms with van der Waals surface area (Å²) >= 11 is 0. The van der Waals surface area contributed by atoms with Gasteiger partial charge in [-0.3, -0.25) is 0 Å². The number of rotatable bonds is 5. The summed E-state index contributed by atoms with van der Waals surface area (Å²) in [5, 5.41) is 3.69. The minimum absolute atomic E-state index is 0.510. The Bertz CT molecular complexity index is 406. The smallest absolute Gasteiger partial charge is 0.0291 e. The predicted molar refractivity (Wildman–Crippen MR) is 76.8 cm³/mol. The summed E-state index contributed by atoms with van der Waals surface area (Å²) in [6, 6.07) is 7.62. The second-order valence-electron chi connectivity index (χ2n) is 6.14. The van der Waals surface area contributed by atoms with E-state index in [0.717, 1.165) is 5.92 Å². The molecule has 1 aromatic rings. The van der Waals surface area contributed by atoms with Crippen molar-refractivity contribution in [3.05, 3.63) is 34.9 Å². The van der Waals surface area contributed by atoms with Crippen molar-refractivity contribution in [1.29, 1.82) is 0 Å². The van der Waals surface area contributed by atoms with Crippen LogP contribution in [0, 0.1) is 5.92 Å². The van der Waals surface area contributed by atoms with Crippen LogP contribution in [0.15, 0.2) is 18.2 Å². The molecule has 1 unspecified atom stereocenters. The SMILES string of the molecule is CC(NCCC1CCC1)c1ccc2c(c1)CCC2. The number of aryl methyl sites for hydroxylation is 2. The molecular formula is C17H25N. The summed E-state index contributed by atoms with van der Waals surface area (Å²) < 4.78 is 0. The molecule has 0 spiro atoms. The molecule has 1 nitrogen and oxygen atoms in total. The second kappa shape index (κ2) is 5.44. The van der Waals surface area contributed by atoms with Crippen LogP contribution in [0.1, 0.15) is 61.8 Å². The fourth-order valence-electron chi connectivity index (χ4n) is 3.26. The first kappa shape index (κ1) is 12.2. The Morgan fingerprint density at radius 1 is 1.17 bits per heavy atom. The lowest BCUT2D eigenvalue weighted by molar-refractivity contribution is 0.288. The van der Waals surface area contributed by atoms with Gasteiger partial charge in [-0.15, -0.1) is 0 Å². The zero-order chi connectivity index (χ0) is 12.4. The molecule has 1 aromatic carbocycles. The number of hydrogen-bond donors (Lipinski definition) is 1. The standard InChI is InChI=1S/C17H25N/c1-13(18-11-10-14-4-2-5-14)16-9-8-15-6-3-7-17(15)12-16/h8-9,12-14,18H,2-7,10-11H2,1H3. The number of hydrogen-bond acceptors (Lipinski definition) is 1. The molecule has 0 heterocycles. The van der Waals surface area contributed by atoms with Crippen molar-refractivity contribution in [2.24, 2.45) is 5.92 Å². The maximum absolute atomic E-state index is 3.69.